The fourth-order valence-corrected chi connectivity index (χ4v) is 3.43. The standard InChI is InChI=1S/C16H28N2O3/c19-14(18-13-6-2-1-3-7-13)8-11-17-15(20)12-16(21)9-4-5-10-16/h13,21H,1-12H2,(H,17,20)(H,18,19). The predicted molar refractivity (Wildman–Crippen MR) is 80.7 cm³/mol. The van der Waals surface area contributed by atoms with Crippen LogP contribution in [0.3, 0.4) is 0 Å². The Labute approximate surface area is 126 Å². The molecule has 0 aromatic heterocycles. The summed E-state index contributed by atoms with van der Waals surface area (Å²) < 4.78 is 0. The van der Waals surface area contributed by atoms with E-state index in [-0.39, 0.29) is 18.2 Å². The second-order valence-corrected chi connectivity index (χ2v) is 6.61. The number of nitrogens with one attached hydrogen (secondary N) is 2. The van der Waals surface area contributed by atoms with E-state index in [0.29, 0.717) is 31.8 Å². The van der Waals surface area contributed by atoms with Crippen molar-refractivity contribution in [2.24, 2.45) is 0 Å². The molecule has 5 nitrogen and oxygen atoms in total. The highest BCUT2D eigenvalue weighted by atomic mass is 16.3. The highest BCUT2D eigenvalue weighted by Crippen LogP contribution is 2.32. The second-order valence-electron chi connectivity index (χ2n) is 6.61. The Hall–Kier alpha value is -1.10. The minimum Gasteiger partial charge on any atom is -0.389 e. The van der Waals surface area contributed by atoms with Gasteiger partial charge < -0.3 is 15.7 Å². The van der Waals surface area contributed by atoms with E-state index in [2.05, 4.69) is 10.6 Å². The van der Waals surface area contributed by atoms with Gasteiger partial charge in [0.05, 0.1) is 12.0 Å². The van der Waals surface area contributed by atoms with Gasteiger partial charge in [-0.15, -0.1) is 0 Å². The van der Waals surface area contributed by atoms with Gasteiger partial charge in [-0.2, -0.15) is 0 Å². The summed E-state index contributed by atoms with van der Waals surface area (Å²) in [5, 5.41) is 15.9. The van der Waals surface area contributed by atoms with Crippen LogP contribution in [0, 0.1) is 0 Å². The molecule has 3 N–H and O–H groups in total. The van der Waals surface area contributed by atoms with Gasteiger partial charge in [-0.1, -0.05) is 32.1 Å². The van der Waals surface area contributed by atoms with Gasteiger partial charge in [-0.05, 0) is 25.7 Å². The first-order valence-electron chi connectivity index (χ1n) is 8.36. The molecule has 0 unspecified atom stereocenters. The van der Waals surface area contributed by atoms with Gasteiger partial charge >= 0.3 is 0 Å². The van der Waals surface area contributed by atoms with E-state index in [1.54, 1.807) is 0 Å². The summed E-state index contributed by atoms with van der Waals surface area (Å²) in [6.45, 7) is 0.355. The van der Waals surface area contributed by atoms with Crippen LogP contribution in [0.25, 0.3) is 0 Å². The third-order valence-corrected chi connectivity index (χ3v) is 4.67. The summed E-state index contributed by atoms with van der Waals surface area (Å²) in [6, 6.07) is 0.321. The lowest BCUT2D eigenvalue weighted by atomic mass is 9.95. The van der Waals surface area contributed by atoms with Gasteiger partial charge in [0.1, 0.15) is 0 Å². The Morgan fingerprint density at radius 3 is 2.33 bits per heavy atom. The molecule has 2 aliphatic carbocycles. The van der Waals surface area contributed by atoms with Crippen LogP contribution in [-0.4, -0.2) is 35.1 Å². The Morgan fingerprint density at radius 1 is 1.00 bits per heavy atom. The van der Waals surface area contributed by atoms with Crippen molar-refractivity contribution in [3.05, 3.63) is 0 Å². The quantitative estimate of drug-likeness (QED) is 0.697. The van der Waals surface area contributed by atoms with Crippen molar-refractivity contribution in [1.82, 2.24) is 10.6 Å². The summed E-state index contributed by atoms with van der Waals surface area (Å²) >= 11 is 0. The first-order chi connectivity index (χ1) is 10.1. The number of hydrogen-bond acceptors (Lipinski definition) is 3. The number of hydrogen-bond donors (Lipinski definition) is 3. The molecule has 0 spiro atoms. The second kappa shape index (κ2) is 7.78. The molecule has 2 aliphatic rings. The predicted octanol–water partition coefficient (Wildman–Crippen LogP) is 1.64. The third-order valence-electron chi connectivity index (χ3n) is 4.67. The fourth-order valence-electron chi connectivity index (χ4n) is 3.43. The van der Waals surface area contributed by atoms with E-state index >= 15 is 0 Å². The molecular formula is C16H28N2O3. The summed E-state index contributed by atoms with van der Waals surface area (Å²) in [4.78, 5) is 23.6. The van der Waals surface area contributed by atoms with Crippen LogP contribution in [0.5, 0.6) is 0 Å². The van der Waals surface area contributed by atoms with Crippen molar-refractivity contribution in [2.75, 3.05) is 6.54 Å². The van der Waals surface area contributed by atoms with Gasteiger partial charge in [-0.25, -0.2) is 0 Å². The molecule has 0 aromatic rings. The molecule has 0 bridgehead atoms. The van der Waals surface area contributed by atoms with Crippen LogP contribution in [0.1, 0.15) is 70.6 Å². The first-order valence-corrected chi connectivity index (χ1v) is 8.36. The van der Waals surface area contributed by atoms with Gasteiger partial charge in [0.2, 0.25) is 11.8 Å². The molecule has 0 aliphatic heterocycles. The summed E-state index contributed by atoms with van der Waals surface area (Å²) in [5.41, 5.74) is -0.811. The molecule has 2 rings (SSSR count). The summed E-state index contributed by atoms with van der Waals surface area (Å²) in [5.74, 6) is -0.133. The first kappa shape index (κ1) is 16.3. The molecule has 2 fully saturated rings. The topological polar surface area (TPSA) is 78.4 Å². The molecule has 21 heavy (non-hydrogen) atoms. The molecule has 0 aromatic carbocycles. The van der Waals surface area contributed by atoms with Crippen LogP contribution in [0.2, 0.25) is 0 Å². The van der Waals surface area contributed by atoms with Crippen LogP contribution in [0.4, 0.5) is 0 Å². The molecular weight excluding hydrogens is 268 g/mol. The van der Waals surface area contributed by atoms with Crippen LogP contribution >= 0.6 is 0 Å². The molecule has 2 amide bonds. The Bertz CT molecular complexity index is 359. The Kier molecular flexibility index (Phi) is 6.03. The van der Waals surface area contributed by atoms with Crippen molar-refractivity contribution in [3.63, 3.8) is 0 Å². The van der Waals surface area contributed by atoms with E-state index < -0.39 is 5.60 Å². The maximum absolute atomic E-state index is 11.8. The fraction of sp³-hybridized carbons (Fsp3) is 0.875. The molecule has 0 heterocycles. The SMILES string of the molecule is O=C(CC1(O)CCCC1)NCCC(=O)NC1CCCCC1. The average Bonchev–Trinajstić information content (AvgIpc) is 2.86. The highest BCUT2D eigenvalue weighted by Gasteiger charge is 2.33. The van der Waals surface area contributed by atoms with Gasteiger partial charge in [0, 0.05) is 19.0 Å². The summed E-state index contributed by atoms with van der Waals surface area (Å²) in [7, 11) is 0. The maximum Gasteiger partial charge on any atom is 0.222 e. The normalized spacial score (nSPS) is 22.0. The largest absolute Gasteiger partial charge is 0.389 e. The zero-order valence-corrected chi connectivity index (χ0v) is 12.8. The van der Waals surface area contributed by atoms with Crippen LogP contribution in [0.15, 0.2) is 0 Å². The lowest BCUT2D eigenvalue weighted by Gasteiger charge is -2.23. The van der Waals surface area contributed by atoms with E-state index in [0.717, 1.165) is 25.7 Å². The molecule has 0 radical (unpaired) electrons. The van der Waals surface area contributed by atoms with E-state index in [1.165, 1.54) is 19.3 Å². The average molecular weight is 296 g/mol. The molecule has 0 atom stereocenters. The smallest absolute Gasteiger partial charge is 0.222 e. The van der Waals surface area contributed by atoms with Crippen molar-refractivity contribution >= 4 is 11.8 Å². The zero-order valence-electron chi connectivity index (χ0n) is 12.8. The molecule has 2 saturated carbocycles. The molecule has 0 saturated heterocycles. The number of aliphatic hydroxyl groups is 1. The van der Waals surface area contributed by atoms with Crippen LogP contribution in [-0.2, 0) is 9.59 Å². The lowest BCUT2D eigenvalue weighted by molar-refractivity contribution is -0.126. The van der Waals surface area contributed by atoms with Gasteiger partial charge in [0.25, 0.3) is 0 Å². The van der Waals surface area contributed by atoms with Crippen molar-refractivity contribution in [3.8, 4) is 0 Å². The van der Waals surface area contributed by atoms with Gasteiger partial charge in [0.15, 0.2) is 0 Å². The monoisotopic (exact) mass is 296 g/mol. The molecule has 5 heteroatoms. The molecule has 120 valence electrons. The minimum atomic E-state index is -0.811. The number of carbonyl (C=O) groups is 2. The Morgan fingerprint density at radius 2 is 1.67 bits per heavy atom. The lowest BCUT2D eigenvalue weighted by Crippen LogP contribution is -2.39. The third kappa shape index (κ3) is 5.65. The van der Waals surface area contributed by atoms with Crippen LogP contribution < -0.4 is 10.6 Å². The Balaban J connectivity index is 1.57. The minimum absolute atomic E-state index is 0.0155. The highest BCUT2D eigenvalue weighted by molar-refractivity contribution is 5.79. The number of rotatable bonds is 6. The van der Waals surface area contributed by atoms with Crippen molar-refractivity contribution < 1.29 is 14.7 Å². The van der Waals surface area contributed by atoms with E-state index in [1.807, 2.05) is 0 Å². The van der Waals surface area contributed by atoms with Crippen molar-refractivity contribution in [1.29, 1.82) is 0 Å². The zero-order chi connectivity index (χ0) is 15.1. The number of amides is 2. The maximum atomic E-state index is 11.8. The van der Waals surface area contributed by atoms with Gasteiger partial charge in [-0.3, -0.25) is 9.59 Å². The van der Waals surface area contributed by atoms with E-state index in [4.69, 9.17) is 0 Å². The van der Waals surface area contributed by atoms with E-state index in [9.17, 15) is 14.7 Å². The summed E-state index contributed by atoms with van der Waals surface area (Å²) in [6.07, 6.45) is 9.70. The van der Waals surface area contributed by atoms with Crippen molar-refractivity contribution in [2.45, 2.75) is 82.3 Å². The number of carbonyl (C=O) groups excluding carboxylic acids is 2.